The molecule has 7 heteroatoms. The highest BCUT2D eigenvalue weighted by atomic mass is 79.9. The van der Waals surface area contributed by atoms with Gasteiger partial charge in [0, 0.05) is 4.47 Å². The number of rotatable bonds is 2. The first-order chi connectivity index (χ1) is 11.1. The van der Waals surface area contributed by atoms with Gasteiger partial charge in [0.25, 0.3) is 5.91 Å². The number of hydrogen-bond donors (Lipinski definition) is 1. The Labute approximate surface area is 142 Å². The largest absolute Gasteiger partial charge is 0.486 e. The lowest BCUT2D eigenvalue weighted by atomic mass is 9.98. The van der Waals surface area contributed by atoms with Crippen LogP contribution in [0.4, 0.5) is 4.79 Å². The number of imide groups is 1. The fourth-order valence-electron chi connectivity index (χ4n) is 3.53. The van der Waals surface area contributed by atoms with E-state index < -0.39 is 5.54 Å². The first kappa shape index (κ1) is 14.8. The Morgan fingerprint density at radius 1 is 1.13 bits per heavy atom. The Morgan fingerprint density at radius 2 is 1.78 bits per heavy atom. The molecule has 1 saturated carbocycles. The van der Waals surface area contributed by atoms with Crippen LogP contribution in [0.2, 0.25) is 0 Å². The molecule has 0 unspecified atom stereocenters. The molecule has 1 aliphatic carbocycles. The molecule has 122 valence electrons. The minimum Gasteiger partial charge on any atom is -0.486 e. The highest BCUT2D eigenvalue weighted by Crippen LogP contribution is 2.38. The molecule has 1 N–H and O–H groups in total. The van der Waals surface area contributed by atoms with E-state index in [1.54, 1.807) is 0 Å². The van der Waals surface area contributed by atoms with Crippen molar-refractivity contribution in [2.75, 3.05) is 13.2 Å². The predicted molar refractivity (Wildman–Crippen MR) is 85.4 cm³/mol. The van der Waals surface area contributed by atoms with Gasteiger partial charge in [-0.15, -0.1) is 0 Å². The van der Waals surface area contributed by atoms with E-state index in [2.05, 4.69) is 21.2 Å². The summed E-state index contributed by atoms with van der Waals surface area (Å²) in [7, 11) is 0. The van der Waals surface area contributed by atoms with Crippen LogP contribution in [0, 0.1) is 0 Å². The summed E-state index contributed by atoms with van der Waals surface area (Å²) >= 11 is 3.49. The number of amides is 3. The quantitative estimate of drug-likeness (QED) is 0.800. The zero-order chi connectivity index (χ0) is 16.0. The molecule has 1 saturated heterocycles. The number of urea groups is 1. The van der Waals surface area contributed by atoms with E-state index in [9.17, 15) is 9.59 Å². The van der Waals surface area contributed by atoms with Crippen molar-refractivity contribution in [3.63, 3.8) is 0 Å². The van der Waals surface area contributed by atoms with Crippen LogP contribution in [-0.4, -0.2) is 35.6 Å². The molecule has 1 spiro atoms. The van der Waals surface area contributed by atoms with Gasteiger partial charge in [0.2, 0.25) is 0 Å². The van der Waals surface area contributed by atoms with Crippen LogP contribution in [0.3, 0.4) is 0 Å². The topological polar surface area (TPSA) is 67.9 Å². The second kappa shape index (κ2) is 5.40. The summed E-state index contributed by atoms with van der Waals surface area (Å²) in [6.07, 6.45) is 3.42. The lowest BCUT2D eigenvalue weighted by Crippen LogP contribution is -2.44. The maximum atomic E-state index is 12.7. The molecular weight excluding hydrogens is 364 g/mol. The van der Waals surface area contributed by atoms with Gasteiger partial charge in [-0.1, -0.05) is 28.8 Å². The van der Waals surface area contributed by atoms with E-state index >= 15 is 0 Å². The van der Waals surface area contributed by atoms with E-state index in [0.717, 1.165) is 35.7 Å². The summed E-state index contributed by atoms with van der Waals surface area (Å²) in [5.41, 5.74) is 0.157. The average molecular weight is 381 g/mol. The van der Waals surface area contributed by atoms with Crippen molar-refractivity contribution in [2.45, 2.75) is 37.8 Å². The van der Waals surface area contributed by atoms with E-state index in [1.165, 1.54) is 4.90 Å². The Hall–Kier alpha value is -1.76. The summed E-state index contributed by atoms with van der Waals surface area (Å²) in [5, 5.41) is 2.90. The van der Waals surface area contributed by atoms with Crippen molar-refractivity contribution >= 4 is 27.9 Å². The summed E-state index contributed by atoms with van der Waals surface area (Å²) in [4.78, 5) is 26.3. The number of benzene rings is 1. The number of carbonyl (C=O) groups excluding carboxylic acids is 2. The Bertz CT molecular complexity index is 685. The number of fused-ring (bicyclic) bond motifs is 1. The third kappa shape index (κ3) is 2.38. The summed E-state index contributed by atoms with van der Waals surface area (Å²) < 4.78 is 11.9. The first-order valence-corrected chi connectivity index (χ1v) is 8.60. The number of nitrogens with zero attached hydrogens (tertiary/aromatic N) is 1. The van der Waals surface area contributed by atoms with Crippen molar-refractivity contribution in [2.24, 2.45) is 0 Å². The van der Waals surface area contributed by atoms with Crippen molar-refractivity contribution in [3.05, 3.63) is 22.2 Å². The summed E-state index contributed by atoms with van der Waals surface area (Å²) in [6, 6.07) is 3.35. The van der Waals surface area contributed by atoms with Crippen LogP contribution in [0.25, 0.3) is 0 Å². The highest BCUT2D eigenvalue weighted by molar-refractivity contribution is 9.10. The minimum atomic E-state index is -0.669. The molecule has 0 radical (unpaired) electrons. The fourth-order valence-corrected chi connectivity index (χ4v) is 3.98. The molecule has 0 bridgehead atoms. The Morgan fingerprint density at radius 3 is 2.48 bits per heavy atom. The molecule has 2 aliphatic heterocycles. The number of halogens is 1. The van der Waals surface area contributed by atoms with Gasteiger partial charge >= 0.3 is 6.03 Å². The van der Waals surface area contributed by atoms with Gasteiger partial charge in [-0.05, 0) is 30.5 Å². The first-order valence-electron chi connectivity index (χ1n) is 7.81. The number of hydrogen-bond acceptors (Lipinski definition) is 4. The van der Waals surface area contributed by atoms with E-state index in [0.29, 0.717) is 24.7 Å². The van der Waals surface area contributed by atoms with Crippen molar-refractivity contribution in [1.29, 1.82) is 0 Å². The number of nitrogens with one attached hydrogen (secondary N) is 1. The SMILES string of the molecule is O=C1NC2(CCCC2)C(=O)N1Cc1cc2c(cc1Br)OCCO2. The van der Waals surface area contributed by atoms with Crippen LogP contribution < -0.4 is 14.8 Å². The molecule has 1 aromatic carbocycles. The zero-order valence-electron chi connectivity index (χ0n) is 12.6. The molecule has 0 atom stereocenters. The molecule has 3 aliphatic rings. The van der Waals surface area contributed by atoms with Crippen LogP contribution in [0.5, 0.6) is 11.5 Å². The molecule has 4 rings (SSSR count). The Balaban J connectivity index is 1.61. The molecule has 6 nitrogen and oxygen atoms in total. The van der Waals surface area contributed by atoms with Crippen LogP contribution in [0.15, 0.2) is 16.6 Å². The molecular formula is C16H17BrN2O4. The standard InChI is InChI=1S/C16H17BrN2O4/c17-11-8-13-12(22-5-6-23-13)7-10(11)9-19-14(20)16(18-15(19)21)3-1-2-4-16/h7-8H,1-6,9H2,(H,18,21). The van der Waals surface area contributed by atoms with E-state index in [1.807, 2.05) is 12.1 Å². The molecule has 3 amide bonds. The molecule has 23 heavy (non-hydrogen) atoms. The highest BCUT2D eigenvalue weighted by Gasteiger charge is 2.52. The number of ether oxygens (including phenoxy) is 2. The van der Waals surface area contributed by atoms with Crippen molar-refractivity contribution < 1.29 is 19.1 Å². The van der Waals surface area contributed by atoms with Gasteiger partial charge < -0.3 is 14.8 Å². The van der Waals surface area contributed by atoms with E-state index in [-0.39, 0.29) is 18.5 Å². The summed E-state index contributed by atoms with van der Waals surface area (Å²) in [5.74, 6) is 1.22. The van der Waals surface area contributed by atoms with Gasteiger partial charge in [-0.25, -0.2) is 4.79 Å². The van der Waals surface area contributed by atoms with Gasteiger partial charge in [0.15, 0.2) is 11.5 Å². The Kier molecular flexibility index (Phi) is 3.48. The van der Waals surface area contributed by atoms with Crippen molar-refractivity contribution in [1.82, 2.24) is 10.2 Å². The molecule has 0 aromatic heterocycles. The molecule has 2 fully saturated rings. The predicted octanol–water partition coefficient (Wildman–Crippen LogP) is 2.58. The smallest absolute Gasteiger partial charge is 0.325 e. The second-order valence-electron chi connectivity index (χ2n) is 6.20. The zero-order valence-corrected chi connectivity index (χ0v) is 14.1. The third-order valence-corrected chi connectivity index (χ3v) is 5.48. The fraction of sp³-hybridized carbons (Fsp3) is 0.500. The van der Waals surface area contributed by atoms with Crippen LogP contribution in [0.1, 0.15) is 31.2 Å². The van der Waals surface area contributed by atoms with Gasteiger partial charge in [0.05, 0.1) is 6.54 Å². The lowest BCUT2D eigenvalue weighted by Gasteiger charge is -2.22. The number of carbonyl (C=O) groups is 2. The monoisotopic (exact) mass is 380 g/mol. The maximum absolute atomic E-state index is 12.7. The third-order valence-electron chi connectivity index (χ3n) is 4.74. The van der Waals surface area contributed by atoms with E-state index in [4.69, 9.17) is 9.47 Å². The molecule has 1 aromatic rings. The van der Waals surface area contributed by atoms with Gasteiger partial charge in [-0.3, -0.25) is 9.69 Å². The van der Waals surface area contributed by atoms with Crippen LogP contribution in [-0.2, 0) is 11.3 Å². The lowest BCUT2D eigenvalue weighted by molar-refractivity contribution is -0.131. The van der Waals surface area contributed by atoms with Crippen LogP contribution >= 0.6 is 15.9 Å². The maximum Gasteiger partial charge on any atom is 0.325 e. The van der Waals surface area contributed by atoms with Gasteiger partial charge in [0.1, 0.15) is 18.8 Å². The normalized spacial score (nSPS) is 21.9. The second-order valence-corrected chi connectivity index (χ2v) is 7.05. The van der Waals surface area contributed by atoms with Crippen molar-refractivity contribution in [3.8, 4) is 11.5 Å². The average Bonchev–Trinajstić information content (AvgIpc) is 3.09. The van der Waals surface area contributed by atoms with Gasteiger partial charge in [-0.2, -0.15) is 0 Å². The molecule has 2 heterocycles. The minimum absolute atomic E-state index is 0.109. The summed E-state index contributed by atoms with van der Waals surface area (Å²) in [6.45, 7) is 1.25.